The Bertz CT molecular complexity index is 750. The number of carbonyl (C=O) groups is 2. The summed E-state index contributed by atoms with van der Waals surface area (Å²) in [5, 5.41) is 12.0. The summed E-state index contributed by atoms with van der Waals surface area (Å²) in [5.41, 5.74) is 3.47. The quantitative estimate of drug-likeness (QED) is 0.802. The van der Waals surface area contributed by atoms with Crippen molar-refractivity contribution in [1.82, 2.24) is 5.32 Å². The molecule has 2 aromatic carbocycles. The first-order valence-electron chi connectivity index (χ1n) is 8.07. The summed E-state index contributed by atoms with van der Waals surface area (Å²) in [7, 11) is 0. The molecule has 1 amide bonds. The molecule has 0 heterocycles. The normalized spacial score (nSPS) is 11.8. The number of ketones is 1. The molecule has 0 aliphatic carbocycles. The summed E-state index contributed by atoms with van der Waals surface area (Å²) >= 11 is 0. The molecule has 0 bridgehead atoms. The zero-order valence-corrected chi connectivity index (χ0v) is 14.3. The van der Waals surface area contributed by atoms with Crippen molar-refractivity contribution in [1.29, 1.82) is 0 Å². The van der Waals surface area contributed by atoms with Crippen LogP contribution in [0, 0.1) is 13.8 Å². The number of nitrogens with one attached hydrogen (secondary N) is 1. The van der Waals surface area contributed by atoms with Crippen LogP contribution in [0.4, 0.5) is 0 Å². The summed E-state index contributed by atoms with van der Waals surface area (Å²) in [5.74, 6) is -0.470. The van der Waals surface area contributed by atoms with E-state index < -0.39 is 6.10 Å². The van der Waals surface area contributed by atoms with Gasteiger partial charge < -0.3 is 10.4 Å². The Kier molecular flexibility index (Phi) is 5.88. The molecule has 0 aliphatic heterocycles. The first kappa shape index (κ1) is 17.9. The molecule has 24 heavy (non-hydrogen) atoms. The van der Waals surface area contributed by atoms with E-state index >= 15 is 0 Å². The van der Waals surface area contributed by atoms with Gasteiger partial charge in [0.1, 0.15) is 0 Å². The largest absolute Gasteiger partial charge is 0.393 e. The highest BCUT2D eigenvalue weighted by molar-refractivity contribution is 6.15. The molecule has 4 nitrogen and oxygen atoms in total. The molecule has 1 atom stereocenters. The number of hydrogen-bond acceptors (Lipinski definition) is 3. The topological polar surface area (TPSA) is 66.4 Å². The van der Waals surface area contributed by atoms with Gasteiger partial charge >= 0.3 is 0 Å². The summed E-state index contributed by atoms with van der Waals surface area (Å²) in [6.45, 7) is 5.99. The van der Waals surface area contributed by atoms with E-state index in [2.05, 4.69) is 5.32 Å². The molecule has 0 saturated heterocycles. The molecule has 1 unspecified atom stereocenters. The Morgan fingerprint density at radius 3 is 2.33 bits per heavy atom. The van der Waals surface area contributed by atoms with Gasteiger partial charge in [-0.05, 0) is 50.5 Å². The average Bonchev–Trinajstić information content (AvgIpc) is 2.56. The van der Waals surface area contributed by atoms with Gasteiger partial charge in [-0.3, -0.25) is 9.59 Å². The van der Waals surface area contributed by atoms with E-state index in [1.807, 2.05) is 26.0 Å². The van der Waals surface area contributed by atoms with E-state index in [4.69, 9.17) is 0 Å². The average molecular weight is 325 g/mol. The van der Waals surface area contributed by atoms with Gasteiger partial charge in [0, 0.05) is 17.7 Å². The second-order valence-electron chi connectivity index (χ2n) is 6.07. The predicted octanol–water partition coefficient (Wildman–Crippen LogP) is 3.04. The van der Waals surface area contributed by atoms with Crippen molar-refractivity contribution in [2.45, 2.75) is 33.3 Å². The molecule has 126 valence electrons. The summed E-state index contributed by atoms with van der Waals surface area (Å²) < 4.78 is 0. The first-order chi connectivity index (χ1) is 11.4. The molecule has 4 heteroatoms. The minimum atomic E-state index is -0.474. The summed E-state index contributed by atoms with van der Waals surface area (Å²) in [4.78, 5) is 25.2. The molecule has 2 rings (SSSR count). The van der Waals surface area contributed by atoms with E-state index in [9.17, 15) is 14.7 Å². The van der Waals surface area contributed by atoms with Crippen LogP contribution in [-0.4, -0.2) is 29.4 Å². The van der Waals surface area contributed by atoms with Crippen LogP contribution in [0.25, 0.3) is 0 Å². The third-order valence-corrected chi connectivity index (χ3v) is 4.03. The zero-order chi connectivity index (χ0) is 17.7. The van der Waals surface area contributed by atoms with Crippen LogP contribution in [0.5, 0.6) is 0 Å². The maximum absolute atomic E-state index is 12.8. The molecule has 0 aliphatic rings. The number of hydrogen-bond donors (Lipinski definition) is 2. The van der Waals surface area contributed by atoms with Crippen LogP contribution in [0.15, 0.2) is 42.5 Å². The third kappa shape index (κ3) is 4.30. The number of aryl methyl sites for hydroxylation is 2. The SMILES string of the molecule is Cc1ccc(C(=O)c2ccccc2C(=O)NCCC(C)O)cc1C. The summed E-state index contributed by atoms with van der Waals surface area (Å²) in [6.07, 6.45) is -0.00310. The van der Waals surface area contributed by atoms with E-state index in [0.717, 1.165) is 11.1 Å². The van der Waals surface area contributed by atoms with E-state index in [0.29, 0.717) is 29.7 Å². The lowest BCUT2D eigenvalue weighted by Gasteiger charge is -2.11. The van der Waals surface area contributed by atoms with Gasteiger partial charge in [0.25, 0.3) is 5.91 Å². The second kappa shape index (κ2) is 7.88. The van der Waals surface area contributed by atoms with Crippen molar-refractivity contribution in [2.75, 3.05) is 6.54 Å². The molecule has 0 radical (unpaired) electrons. The molecule has 0 fully saturated rings. The lowest BCUT2D eigenvalue weighted by Crippen LogP contribution is -2.28. The summed E-state index contributed by atoms with van der Waals surface area (Å²) in [6, 6.07) is 12.3. The number of aliphatic hydroxyl groups excluding tert-OH is 1. The van der Waals surface area contributed by atoms with E-state index in [1.165, 1.54) is 0 Å². The number of benzene rings is 2. The van der Waals surface area contributed by atoms with Crippen molar-refractivity contribution in [3.63, 3.8) is 0 Å². The number of rotatable bonds is 6. The zero-order valence-electron chi connectivity index (χ0n) is 14.3. The molecule has 2 aromatic rings. The Morgan fingerprint density at radius 1 is 1.04 bits per heavy atom. The van der Waals surface area contributed by atoms with Crippen LogP contribution in [0.2, 0.25) is 0 Å². The highest BCUT2D eigenvalue weighted by Gasteiger charge is 2.18. The molecular weight excluding hydrogens is 302 g/mol. The van der Waals surface area contributed by atoms with E-state index in [1.54, 1.807) is 37.3 Å². The van der Waals surface area contributed by atoms with Crippen molar-refractivity contribution in [3.05, 3.63) is 70.3 Å². The van der Waals surface area contributed by atoms with Gasteiger partial charge in [-0.25, -0.2) is 0 Å². The lowest BCUT2D eigenvalue weighted by molar-refractivity contribution is 0.0934. The fourth-order valence-electron chi connectivity index (χ4n) is 2.41. The number of carbonyl (C=O) groups excluding carboxylic acids is 2. The monoisotopic (exact) mass is 325 g/mol. The maximum atomic E-state index is 12.8. The Morgan fingerprint density at radius 2 is 1.71 bits per heavy atom. The lowest BCUT2D eigenvalue weighted by atomic mass is 9.95. The van der Waals surface area contributed by atoms with Crippen molar-refractivity contribution in [2.24, 2.45) is 0 Å². The van der Waals surface area contributed by atoms with Gasteiger partial charge in [0.05, 0.1) is 11.7 Å². The fraction of sp³-hybridized carbons (Fsp3) is 0.300. The van der Waals surface area contributed by atoms with Gasteiger partial charge in [0.2, 0.25) is 0 Å². The first-order valence-corrected chi connectivity index (χ1v) is 8.07. The van der Waals surface area contributed by atoms with Crippen molar-refractivity contribution in [3.8, 4) is 0 Å². The number of amides is 1. The fourth-order valence-corrected chi connectivity index (χ4v) is 2.41. The molecule has 0 spiro atoms. The van der Waals surface area contributed by atoms with Crippen molar-refractivity contribution < 1.29 is 14.7 Å². The molecular formula is C20H23NO3. The Balaban J connectivity index is 2.25. The van der Waals surface area contributed by atoms with E-state index in [-0.39, 0.29) is 11.7 Å². The van der Waals surface area contributed by atoms with Crippen LogP contribution < -0.4 is 5.32 Å². The minimum Gasteiger partial charge on any atom is -0.393 e. The molecule has 2 N–H and O–H groups in total. The van der Waals surface area contributed by atoms with Gasteiger partial charge in [0.15, 0.2) is 5.78 Å². The standard InChI is InChI=1S/C20H23NO3/c1-13-8-9-16(12-14(13)2)19(23)17-6-4-5-7-18(17)20(24)21-11-10-15(3)22/h4-9,12,15,22H,10-11H2,1-3H3,(H,21,24). The number of aliphatic hydroxyl groups is 1. The van der Waals surface area contributed by atoms with Crippen molar-refractivity contribution >= 4 is 11.7 Å². The highest BCUT2D eigenvalue weighted by atomic mass is 16.3. The predicted molar refractivity (Wildman–Crippen MR) is 94.4 cm³/mol. The van der Waals surface area contributed by atoms with Crippen LogP contribution in [0.3, 0.4) is 0 Å². The Hall–Kier alpha value is -2.46. The molecule has 0 aromatic heterocycles. The van der Waals surface area contributed by atoms with Gasteiger partial charge in [-0.2, -0.15) is 0 Å². The minimum absolute atomic E-state index is 0.167. The Labute approximate surface area is 142 Å². The smallest absolute Gasteiger partial charge is 0.252 e. The highest BCUT2D eigenvalue weighted by Crippen LogP contribution is 2.17. The maximum Gasteiger partial charge on any atom is 0.252 e. The van der Waals surface area contributed by atoms with Crippen LogP contribution in [0.1, 0.15) is 50.8 Å². The van der Waals surface area contributed by atoms with Crippen LogP contribution in [-0.2, 0) is 0 Å². The molecule has 0 saturated carbocycles. The van der Waals surface area contributed by atoms with Gasteiger partial charge in [-0.15, -0.1) is 0 Å². The second-order valence-corrected chi connectivity index (χ2v) is 6.07. The third-order valence-electron chi connectivity index (χ3n) is 4.03. The van der Waals surface area contributed by atoms with Gasteiger partial charge in [-0.1, -0.05) is 30.3 Å². The van der Waals surface area contributed by atoms with Crippen LogP contribution >= 0.6 is 0 Å².